The fourth-order valence-corrected chi connectivity index (χ4v) is 1.03. The van der Waals surface area contributed by atoms with Crippen LogP contribution < -0.4 is 14.7 Å². The Balaban J connectivity index is 2.84. The molecule has 1 aromatic carbocycles. The predicted octanol–water partition coefficient (Wildman–Crippen LogP) is 2.29. The lowest BCUT2D eigenvalue weighted by atomic mass is 10.2. The normalized spacial score (nSPS) is 12.4. The third kappa shape index (κ3) is 3.76. The van der Waals surface area contributed by atoms with E-state index >= 15 is 0 Å². The van der Waals surface area contributed by atoms with Crippen molar-refractivity contribution in [1.82, 2.24) is 3.53 Å². The van der Waals surface area contributed by atoms with Crippen molar-refractivity contribution in [1.29, 1.82) is 0 Å². The van der Waals surface area contributed by atoms with Gasteiger partial charge in [0.05, 0.1) is 34.1 Å². The number of guanidine groups is 1. The molecule has 0 atom stereocenters. The number of hydrogen-bond donors (Lipinski definition) is 3. The van der Waals surface area contributed by atoms with Gasteiger partial charge in [-0.3, -0.25) is 8.96 Å². The minimum Gasteiger partial charge on any atom is -0.368 e. The van der Waals surface area contributed by atoms with Crippen LogP contribution in [0, 0.1) is 0 Å². The second-order valence-corrected chi connectivity index (χ2v) is 3.32. The molecule has 0 aliphatic heterocycles. The molecule has 88 valence electrons. The van der Waals surface area contributed by atoms with Crippen LogP contribution in [0.5, 0.6) is 0 Å². The van der Waals surface area contributed by atoms with Gasteiger partial charge in [0.25, 0.3) is 0 Å². The molecule has 0 aliphatic rings. The van der Waals surface area contributed by atoms with Crippen LogP contribution in [0.1, 0.15) is 5.56 Å². The number of hydrogen-bond acceptors (Lipinski definition) is 2. The van der Waals surface area contributed by atoms with Gasteiger partial charge in [-0.1, -0.05) is 6.07 Å². The number of benzene rings is 1. The van der Waals surface area contributed by atoms with E-state index in [2.05, 4.69) is 14.1 Å². The monoisotopic (exact) mass is 344 g/mol. The predicted molar refractivity (Wildman–Crippen MR) is 63.8 cm³/mol. The van der Waals surface area contributed by atoms with Gasteiger partial charge in [-0.2, -0.15) is 13.2 Å². The van der Waals surface area contributed by atoms with Crippen molar-refractivity contribution in [2.45, 2.75) is 6.18 Å². The molecule has 0 aliphatic carbocycles. The summed E-state index contributed by atoms with van der Waals surface area (Å²) in [6, 6.07) is 4.67. The smallest absolute Gasteiger partial charge is 0.368 e. The highest BCUT2D eigenvalue weighted by molar-refractivity contribution is 14.1. The largest absolute Gasteiger partial charge is 0.416 e. The zero-order chi connectivity index (χ0) is 12.2. The van der Waals surface area contributed by atoms with Gasteiger partial charge in [-0.05, 0) is 18.2 Å². The van der Waals surface area contributed by atoms with E-state index in [9.17, 15) is 13.2 Å². The lowest BCUT2D eigenvalue weighted by Crippen LogP contribution is -2.24. The molecule has 0 fully saturated rings. The Morgan fingerprint density at radius 2 is 2.06 bits per heavy atom. The summed E-state index contributed by atoms with van der Waals surface area (Å²) in [5.41, 5.74) is 7.17. The van der Waals surface area contributed by atoms with E-state index in [4.69, 9.17) is 5.73 Å². The molecular formula is C8H8F3IN4. The first-order valence-corrected chi connectivity index (χ1v) is 5.14. The number of rotatable bonds is 2. The summed E-state index contributed by atoms with van der Waals surface area (Å²) < 4.78 is 39.5. The van der Waals surface area contributed by atoms with Crippen LogP contribution in [0.25, 0.3) is 0 Å². The first-order valence-electron chi connectivity index (χ1n) is 4.06. The standard InChI is InChI=1S/C8H8F3IN4/c9-8(10,11)5-2-1-3-6(4-5)15-16-7(13)14-12/h1-4,15H,(H3,13,14,16). The van der Waals surface area contributed by atoms with E-state index in [1.54, 1.807) is 22.9 Å². The molecule has 0 saturated carbocycles. The van der Waals surface area contributed by atoms with Gasteiger partial charge in [0.2, 0.25) is 5.96 Å². The maximum absolute atomic E-state index is 12.3. The zero-order valence-corrected chi connectivity index (χ0v) is 10.0. The second-order valence-electron chi connectivity index (χ2n) is 2.78. The number of halogens is 4. The maximum atomic E-state index is 12.3. The topological polar surface area (TPSA) is 62.4 Å². The number of nitrogens with two attached hydrogens (primary N) is 1. The lowest BCUT2D eigenvalue weighted by Gasteiger charge is -2.08. The molecule has 8 heteroatoms. The van der Waals surface area contributed by atoms with Crippen LogP contribution >= 0.6 is 22.9 Å². The fraction of sp³-hybridized carbons (Fsp3) is 0.125. The van der Waals surface area contributed by atoms with Gasteiger partial charge in [-0.25, -0.2) is 0 Å². The summed E-state index contributed by atoms with van der Waals surface area (Å²) in [4.78, 5) is 0. The maximum Gasteiger partial charge on any atom is 0.416 e. The summed E-state index contributed by atoms with van der Waals surface area (Å²) in [5, 5.41) is 3.59. The molecule has 16 heavy (non-hydrogen) atoms. The quantitative estimate of drug-likeness (QED) is 0.254. The minimum atomic E-state index is -4.37. The molecule has 0 spiro atoms. The van der Waals surface area contributed by atoms with Gasteiger partial charge < -0.3 is 5.73 Å². The van der Waals surface area contributed by atoms with E-state index in [0.717, 1.165) is 12.1 Å². The van der Waals surface area contributed by atoms with Crippen LogP contribution in [0.2, 0.25) is 0 Å². The molecule has 0 radical (unpaired) electrons. The van der Waals surface area contributed by atoms with Crippen LogP contribution in [0.4, 0.5) is 18.9 Å². The van der Waals surface area contributed by atoms with Crippen LogP contribution in [-0.4, -0.2) is 5.96 Å². The Kier molecular flexibility index (Phi) is 4.21. The highest BCUT2D eigenvalue weighted by atomic mass is 127. The third-order valence-electron chi connectivity index (χ3n) is 1.59. The van der Waals surface area contributed by atoms with Gasteiger partial charge in [0, 0.05) is 0 Å². The Hall–Kier alpha value is -1.19. The van der Waals surface area contributed by atoms with Gasteiger partial charge in [0.1, 0.15) is 0 Å². The van der Waals surface area contributed by atoms with Crippen molar-refractivity contribution >= 4 is 34.5 Å². The van der Waals surface area contributed by atoms with E-state index in [1.807, 2.05) is 0 Å². The van der Waals surface area contributed by atoms with Crippen LogP contribution in [0.3, 0.4) is 0 Å². The Bertz CT molecular complexity index is 391. The molecule has 1 rings (SSSR count). The van der Waals surface area contributed by atoms with E-state index in [1.165, 1.54) is 12.1 Å². The molecule has 4 nitrogen and oxygen atoms in total. The molecule has 0 unspecified atom stereocenters. The summed E-state index contributed by atoms with van der Waals surface area (Å²) in [5.74, 6) is 0.0676. The average Bonchev–Trinajstić information content (AvgIpc) is 2.25. The molecule has 0 amide bonds. The minimum absolute atomic E-state index is 0.0676. The number of alkyl halides is 3. The fourth-order valence-electron chi connectivity index (χ4n) is 0.911. The Labute approximate surface area is 104 Å². The van der Waals surface area contributed by atoms with Crippen molar-refractivity contribution in [2.75, 3.05) is 5.43 Å². The number of nitrogens with zero attached hydrogens (tertiary/aromatic N) is 1. The first-order chi connectivity index (χ1) is 7.43. The summed E-state index contributed by atoms with van der Waals surface area (Å²) in [6.45, 7) is 0. The number of nitrogens with one attached hydrogen (secondary N) is 2. The van der Waals surface area contributed by atoms with Crippen LogP contribution in [-0.2, 0) is 6.18 Å². The Morgan fingerprint density at radius 1 is 1.38 bits per heavy atom. The molecule has 0 aromatic heterocycles. The van der Waals surface area contributed by atoms with Gasteiger partial charge >= 0.3 is 6.18 Å². The third-order valence-corrected chi connectivity index (χ3v) is 2.14. The molecule has 1 aromatic rings. The summed E-state index contributed by atoms with van der Waals surface area (Å²) in [7, 11) is 0. The highest BCUT2D eigenvalue weighted by Gasteiger charge is 2.30. The molecule has 0 heterocycles. The van der Waals surface area contributed by atoms with Crippen molar-refractivity contribution in [3.05, 3.63) is 29.8 Å². The second kappa shape index (κ2) is 5.23. The van der Waals surface area contributed by atoms with E-state index in [0.29, 0.717) is 0 Å². The van der Waals surface area contributed by atoms with Gasteiger partial charge in [0.15, 0.2) is 0 Å². The zero-order valence-electron chi connectivity index (χ0n) is 7.85. The number of anilines is 1. The number of hydrazone groups is 1. The van der Waals surface area contributed by atoms with Crippen molar-refractivity contribution in [3.8, 4) is 0 Å². The average molecular weight is 344 g/mol. The van der Waals surface area contributed by atoms with Crippen LogP contribution in [0.15, 0.2) is 29.4 Å². The van der Waals surface area contributed by atoms with E-state index in [-0.39, 0.29) is 11.6 Å². The lowest BCUT2D eigenvalue weighted by molar-refractivity contribution is -0.137. The highest BCUT2D eigenvalue weighted by Crippen LogP contribution is 2.30. The van der Waals surface area contributed by atoms with Crippen molar-refractivity contribution < 1.29 is 13.2 Å². The first kappa shape index (κ1) is 12.9. The molecule has 4 N–H and O–H groups in total. The van der Waals surface area contributed by atoms with E-state index < -0.39 is 11.7 Å². The molecule has 0 bridgehead atoms. The SMILES string of the molecule is N/C(=N/Nc1cccc(C(F)(F)F)c1)NI. The Morgan fingerprint density at radius 3 is 2.62 bits per heavy atom. The van der Waals surface area contributed by atoms with Crippen molar-refractivity contribution in [2.24, 2.45) is 10.8 Å². The van der Waals surface area contributed by atoms with Crippen molar-refractivity contribution in [3.63, 3.8) is 0 Å². The van der Waals surface area contributed by atoms with Gasteiger partial charge in [-0.15, -0.1) is 5.10 Å². The summed E-state index contributed by atoms with van der Waals surface area (Å²) >= 11 is 1.75. The summed E-state index contributed by atoms with van der Waals surface area (Å²) in [6.07, 6.45) is -4.37. The molecular weight excluding hydrogens is 336 g/mol. The molecule has 0 saturated heterocycles.